The zero-order valence-corrected chi connectivity index (χ0v) is 15.9. The van der Waals surface area contributed by atoms with E-state index in [1.807, 2.05) is 37.3 Å². The third-order valence-electron chi connectivity index (χ3n) is 3.92. The summed E-state index contributed by atoms with van der Waals surface area (Å²) in [6, 6.07) is 18.4. The van der Waals surface area contributed by atoms with Gasteiger partial charge in [0.1, 0.15) is 11.5 Å². The number of hydrazone groups is 1. The number of carbonyl (C=O) groups is 1. The molecule has 6 nitrogen and oxygen atoms in total. The molecule has 0 aliphatic rings. The van der Waals surface area contributed by atoms with Gasteiger partial charge in [-0.05, 0) is 55.5 Å². The predicted octanol–water partition coefficient (Wildman–Crippen LogP) is 4.72. The van der Waals surface area contributed by atoms with Gasteiger partial charge in [-0.1, -0.05) is 12.1 Å². The van der Waals surface area contributed by atoms with Crippen LogP contribution in [0.1, 0.15) is 23.0 Å². The molecule has 0 fully saturated rings. The van der Waals surface area contributed by atoms with Crippen LogP contribution in [0.15, 0.2) is 70.2 Å². The number of furan rings is 1. The Bertz CT molecular complexity index is 1100. The van der Waals surface area contributed by atoms with Crippen molar-refractivity contribution < 1.29 is 13.9 Å². The lowest BCUT2D eigenvalue weighted by atomic mass is 10.2. The average Bonchev–Trinajstić information content (AvgIpc) is 3.35. The van der Waals surface area contributed by atoms with Gasteiger partial charge in [0.15, 0.2) is 10.8 Å². The molecule has 2 aromatic heterocycles. The molecule has 7 heteroatoms. The number of fused-ring (bicyclic) bond motifs is 1. The molecule has 4 rings (SSSR count). The maximum absolute atomic E-state index is 12.1. The van der Waals surface area contributed by atoms with Crippen molar-refractivity contribution >= 4 is 33.7 Å². The lowest BCUT2D eigenvalue weighted by Gasteiger charge is -2.03. The molecule has 0 atom stereocenters. The van der Waals surface area contributed by atoms with Gasteiger partial charge >= 0.3 is 0 Å². The van der Waals surface area contributed by atoms with E-state index in [2.05, 4.69) is 15.5 Å². The topological polar surface area (TPSA) is 76.7 Å². The number of para-hydroxylation sites is 1. The first-order valence-corrected chi connectivity index (χ1v) is 9.56. The number of aromatic nitrogens is 1. The number of hydrogen-bond donors (Lipinski definition) is 1. The van der Waals surface area contributed by atoms with E-state index < -0.39 is 0 Å². The summed E-state index contributed by atoms with van der Waals surface area (Å²) in [4.78, 5) is 16.7. The van der Waals surface area contributed by atoms with Gasteiger partial charge in [0.05, 0.1) is 23.0 Å². The summed E-state index contributed by atoms with van der Waals surface area (Å²) in [6.45, 7) is 2.49. The van der Waals surface area contributed by atoms with Crippen LogP contribution in [0.25, 0.3) is 21.0 Å². The Morgan fingerprint density at radius 3 is 2.79 bits per heavy atom. The number of amides is 1. The monoisotopic (exact) mass is 391 g/mol. The predicted molar refractivity (Wildman–Crippen MR) is 110 cm³/mol. The van der Waals surface area contributed by atoms with Gasteiger partial charge in [0.25, 0.3) is 5.91 Å². The van der Waals surface area contributed by atoms with Gasteiger partial charge in [-0.15, -0.1) is 11.3 Å². The van der Waals surface area contributed by atoms with Crippen LogP contribution in [0.4, 0.5) is 0 Å². The summed E-state index contributed by atoms with van der Waals surface area (Å²) < 4.78 is 12.2. The molecule has 2 heterocycles. The quantitative estimate of drug-likeness (QED) is 0.381. The molecule has 1 amide bonds. The molecular formula is C21H17N3O3S. The van der Waals surface area contributed by atoms with Crippen LogP contribution in [0.3, 0.4) is 0 Å². The van der Waals surface area contributed by atoms with E-state index in [1.165, 1.54) is 6.21 Å². The lowest BCUT2D eigenvalue weighted by molar-refractivity contribution is 0.0955. The number of carbonyl (C=O) groups excluding carboxylic acids is 1. The smallest absolute Gasteiger partial charge is 0.271 e. The first-order chi connectivity index (χ1) is 13.7. The highest BCUT2D eigenvalue weighted by atomic mass is 32.1. The average molecular weight is 391 g/mol. The second-order valence-corrected chi connectivity index (χ2v) is 6.88. The van der Waals surface area contributed by atoms with Crippen LogP contribution in [0.5, 0.6) is 5.75 Å². The van der Waals surface area contributed by atoms with Crippen molar-refractivity contribution in [1.29, 1.82) is 0 Å². The number of rotatable bonds is 6. The first kappa shape index (κ1) is 17.9. The minimum atomic E-state index is -0.308. The van der Waals surface area contributed by atoms with Gasteiger partial charge in [0, 0.05) is 5.56 Å². The third-order valence-corrected chi connectivity index (χ3v) is 4.97. The molecule has 140 valence electrons. The number of benzene rings is 2. The van der Waals surface area contributed by atoms with E-state index in [0.717, 1.165) is 21.0 Å². The zero-order chi connectivity index (χ0) is 19.3. The second kappa shape index (κ2) is 8.06. The maximum atomic E-state index is 12.1. The Morgan fingerprint density at radius 2 is 2.00 bits per heavy atom. The molecule has 0 unspecified atom stereocenters. The maximum Gasteiger partial charge on any atom is 0.271 e. The minimum Gasteiger partial charge on any atom is -0.494 e. The molecule has 0 aliphatic carbocycles. The van der Waals surface area contributed by atoms with Crippen molar-refractivity contribution in [2.45, 2.75) is 6.92 Å². The summed E-state index contributed by atoms with van der Waals surface area (Å²) >= 11 is 1.56. The Labute approximate surface area is 165 Å². The van der Waals surface area contributed by atoms with Gasteiger partial charge in [-0.2, -0.15) is 5.10 Å². The molecular weight excluding hydrogens is 374 g/mol. The highest BCUT2D eigenvalue weighted by molar-refractivity contribution is 7.21. The number of thiazole rings is 1. The Kier molecular flexibility index (Phi) is 5.16. The van der Waals surface area contributed by atoms with Crippen molar-refractivity contribution in [1.82, 2.24) is 10.4 Å². The van der Waals surface area contributed by atoms with Crippen molar-refractivity contribution in [2.75, 3.05) is 6.61 Å². The van der Waals surface area contributed by atoms with Gasteiger partial charge in [-0.25, -0.2) is 10.4 Å². The summed E-state index contributed by atoms with van der Waals surface area (Å²) in [7, 11) is 0. The molecule has 0 aliphatic heterocycles. The molecule has 0 saturated heterocycles. The molecule has 2 aromatic carbocycles. The third kappa shape index (κ3) is 3.94. The Hall–Kier alpha value is -3.45. The van der Waals surface area contributed by atoms with Crippen LogP contribution < -0.4 is 10.2 Å². The standard InChI is InChI=1S/C21H17N3O3S/c1-2-26-15-9-7-14(8-10-15)20(25)24-22-13-16-11-12-18(27-16)21-23-17-5-3-4-6-19(17)28-21/h3-13H,2H2,1H3,(H,24,25)/b22-13-. The van der Waals surface area contributed by atoms with Crippen LogP contribution in [-0.2, 0) is 0 Å². The minimum absolute atomic E-state index is 0.308. The van der Waals surface area contributed by atoms with Crippen LogP contribution >= 0.6 is 11.3 Å². The molecule has 4 aromatic rings. The molecule has 0 spiro atoms. The van der Waals surface area contributed by atoms with Gasteiger partial charge in [-0.3, -0.25) is 4.79 Å². The van der Waals surface area contributed by atoms with E-state index in [9.17, 15) is 4.79 Å². The molecule has 1 N–H and O–H groups in total. The number of ether oxygens (including phenoxy) is 1. The summed E-state index contributed by atoms with van der Waals surface area (Å²) in [5, 5.41) is 4.76. The fraction of sp³-hybridized carbons (Fsp3) is 0.0952. The van der Waals surface area contributed by atoms with Crippen molar-refractivity contribution in [3.05, 3.63) is 72.0 Å². The van der Waals surface area contributed by atoms with Crippen molar-refractivity contribution in [2.24, 2.45) is 5.10 Å². The van der Waals surface area contributed by atoms with Crippen molar-refractivity contribution in [3.8, 4) is 16.5 Å². The van der Waals surface area contributed by atoms with Gasteiger partial charge < -0.3 is 9.15 Å². The van der Waals surface area contributed by atoms with Gasteiger partial charge in [0.2, 0.25) is 0 Å². The highest BCUT2D eigenvalue weighted by Gasteiger charge is 2.10. The highest BCUT2D eigenvalue weighted by Crippen LogP contribution is 2.30. The van der Waals surface area contributed by atoms with E-state index in [1.54, 1.807) is 41.7 Å². The molecule has 28 heavy (non-hydrogen) atoms. The fourth-order valence-corrected chi connectivity index (χ4v) is 3.53. The second-order valence-electron chi connectivity index (χ2n) is 5.85. The van der Waals surface area contributed by atoms with Crippen molar-refractivity contribution in [3.63, 3.8) is 0 Å². The summed E-state index contributed by atoms with van der Waals surface area (Å²) in [6.07, 6.45) is 1.46. The SMILES string of the molecule is CCOc1ccc(C(=O)N/N=C\c2ccc(-c3nc4ccccc4s3)o2)cc1. The Morgan fingerprint density at radius 1 is 1.18 bits per heavy atom. The van der Waals surface area contributed by atoms with Crippen LogP contribution in [0.2, 0.25) is 0 Å². The Balaban J connectivity index is 1.40. The van der Waals surface area contributed by atoms with Crippen LogP contribution in [0, 0.1) is 0 Å². The number of nitrogens with one attached hydrogen (secondary N) is 1. The number of nitrogens with zero attached hydrogens (tertiary/aromatic N) is 2. The first-order valence-electron chi connectivity index (χ1n) is 8.75. The summed E-state index contributed by atoms with van der Waals surface area (Å²) in [5.74, 6) is 1.61. The van der Waals surface area contributed by atoms with Crippen LogP contribution in [-0.4, -0.2) is 23.7 Å². The van der Waals surface area contributed by atoms with E-state index in [-0.39, 0.29) is 5.91 Å². The van der Waals surface area contributed by atoms with E-state index in [0.29, 0.717) is 23.7 Å². The largest absolute Gasteiger partial charge is 0.494 e. The van der Waals surface area contributed by atoms with E-state index >= 15 is 0 Å². The fourth-order valence-electron chi connectivity index (χ4n) is 2.60. The zero-order valence-electron chi connectivity index (χ0n) is 15.1. The molecule has 0 radical (unpaired) electrons. The summed E-state index contributed by atoms with van der Waals surface area (Å²) in [5.41, 5.74) is 3.92. The molecule has 0 bridgehead atoms. The van der Waals surface area contributed by atoms with E-state index in [4.69, 9.17) is 9.15 Å². The normalized spacial score (nSPS) is 11.2. The number of hydrogen-bond acceptors (Lipinski definition) is 6. The molecule has 0 saturated carbocycles. The lowest BCUT2D eigenvalue weighted by Crippen LogP contribution is -2.17.